The Bertz CT molecular complexity index is 285. The molecule has 1 aliphatic carbocycles. The van der Waals surface area contributed by atoms with Crippen LogP contribution in [0.4, 0.5) is 0 Å². The molecule has 1 rings (SSSR count). The van der Waals surface area contributed by atoms with Crippen molar-refractivity contribution in [3.8, 4) is 0 Å². The molecule has 0 aliphatic heterocycles. The average Bonchev–Trinajstić information content (AvgIpc) is 2.64. The second-order valence-corrected chi connectivity index (χ2v) is 6.87. The van der Waals surface area contributed by atoms with Gasteiger partial charge >= 0.3 is 0 Å². The van der Waals surface area contributed by atoms with Crippen molar-refractivity contribution >= 4 is 10.0 Å². The van der Waals surface area contributed by atoms with Crippen LogP contribution in [0.2, 0.25) is 0 Å². The third-order valence-corrected chi connectivity index (χ3v) is 4.53. The minimum absolute atomic E-state index is 0.0743. The molecule has 0 bridgehead atoms. The number of nitrogens with one attached hydrogen (secondary N) is 1. The Balaban J connectivity index is 2.55. The molecule has 4 nitrogen and oxygen atoms in total. The Morgan fingerprint density at radius 1 is 1.46 bits per heavy atom. The number of hydrogen-bond donors (Lipinski definition) is 2. The van der Waals surface area contributed by atoms with Crippen molar-refractivity contribution in [1.29, 1.82) is 0 Å². The van der Waals surface area contributed by atoms with Crippen molar-refractivity contribution in [3.05, 3.63) is 0 Å². The normalized spacial score (nSPS) is 21.5. The van der Waals surface area contributed by atoms with Gasteiger partial charge in [-0.15, -0.1) is 0 Å². The van der Waals surface area contributed by atoms with Gasteiger partial charge in [0, 0.05) is 6.54 Å². The monoisotopic (exact) mass is 207 g/mol. The second-order valence-electron chi connectivity index (χ2n) is 4.59. The first-order valence-corrected chi connectivity index (χ1v) is 5.86. The molecule has 78 valence electrons. The first-order chi connectivity index (χ1) is 5.66. The van der Waals surface area contributed by atoms with Crippen LogP contribution in [0, 0.1) is 0 Å². The Hall–Kier alpha value is -0.130. The number of sulfonamides is 1. The van der Waals surface area contributed by atoms with E-state index in [-0.39, 0.29) is 6.54 Å². The van der Waals surface area contributed by atoms with Crippen molar-refractivity contribution in [2.45, 2.75) is 44.0 Å². The molecule has 1 saturated carbocycles. The molecule has 5 heteroatoms. The highest BCUT2D eigenvalue weighted by molar-refractivity contribution is 7.91. The van der Waals surface area contributed by atoms with Crippen molar-refractivity contribution < 1.29 is 13.5 Å². The fourth-order valence-corrected chi connectivity index (χ4v) is 2.42. The van der Waals surface area contributed by atoms with E-state index in [0.717, 1.165) is 0 Å². The number of aliphatic hydroxyl groups is 1. The summed E-state index contributed by atoms with van der Waals surface area (Å²) in [6.45, 7) is 4.94. The van der Waals surface area contributed by atoms with Gasteiger partial charge in [0.05, 0.1) is 10.3 Å². The van der Waals surface area contributed by atoms with E-state index in [1.807, 2.05) is 0 Å². The summed E-state index contributed by atoms with van der Waals surface area (Å²) in [4.78, 5) is 0. The largest absolute Gasteiger partial charge is 0.389 e. The summed E-state index contributed by atoms with van der Waals surface area (Å²) < 4.78 is 24.9. The lowest BCUT2D eigenvalue weighted by molar-refractivity contribution is 0.0856. The van der Waals surface area contributed by atoms with Gasteiger partial charge in [0.1, 0.15) is 0 Å². The van der Waals surface area contributed by atoms with Crippen molar-refractivity contribution in [2.75, 3.05) is 6.54 Å². The minimum atomic E-state index is -3.23. The van der Waals surface area contributed by atoms with E-state index in [1.54, 1.807) is 20.8 Å². The molecule has 0 amide bonds. The van der Waals surface area contributed by atoms with E-state index < -0.39 is 20.4 Å². The molecule has 0 saturated heterocycles. The lowest BCUT2D eigenvalue weighted by Crippen LogP contribution is -2.42. The van der Waals surface area contributed by atoms with Gasteiger partial charge in [-0.2, -0.15) is 0 Å². The topological polar surface area (TPSA) is 66.4 Å². The first-order valence-electron chi connectivity index (χ1n) is 4.38. The number of hydrogen-bond acceptors (Lipinski definition) is 3. The van der Waals surface area contributed by atoms with Crippen LogP contribution in [-0.2, 0) is 10.0 Å². The molecular formula is C8H17NO3S. The Morgan fingerprint density at radius 2 is 1.92 bits per heavy atom. The van der Waals surface area contributed by atoms with Gasteiger partial charge in [0.25, 0.3) is 0 Å². The molecule has 2 N–H and O–H groups in total. The van der Waals surface area contributed by atoms with Crippen LogP contribution < -0.4 is 4.72 Å². The molecule has 13 heavy (non-hydrogen) atoms. The van der Waals surface area contributed by atoms with Crippen LogP contribution in [0.5, 0.6) is 0 Å². The van der Waals surface area contributed by atoms with Crippen LogP contribution in [0.25, 0.3) is 0 Å². The van der Waals surface area contributed by atoms with Gasteiger partial charge in [-0.05, 0) is 33.6 Å². The molecule has 0 aromatic rings. The van der Waals surface area contributed by atoms with Crippen molar-refractivity contribution in [3.63, 3.8) is 0 Å². The smallest absolute Gasteiger partial charge is 0.217 e. The summed E-state index contributed by atoms with van der Waals surface area (Å²) in [7, 11) is -3.23. The van der Waals surface area contributed by atoms with Gasteiger partial charge < -0.3 is 5.11 Å². The van der Waals surface area contributed by atoms with Crippen LogP contribution in [0.3, 0.4) is 0 Å². The van der Waals surface area contributed by atoms with E-state index in [0.29, 0.717) is 12.8 Å². The van der Waals surface area contributed by atoms with Crippen LogP contribution in [0.1, 0.15) is 33.6 Å². The molecule has 1 aliphatic rings. The summed E-state index contributed by atoms with van der Waals surface area (Å²) >= 11 is 0. The summed E-state index contributed by atoms with van der Waals surface area (Å²) in [6, 6.07) is 0. The predicted molar refractivity (Wildman–Crippen MR) is 50.9 cm³/mol. The van der Waals surface area contributed by atoms with E-state index in [9.17, 15) is 13.5 Å². The predicted octanol–water partition coefficient (Wildman–Crippen LogP) is 0.229. The molecule has 0 spiro atoms. The van der Waals surface area contributed by atoms with Crippen LogP contribution in [-0.4, -0.2) is 30.4 Å². The first kappa shape index (κ1) is 10.9. The second kappa shape index (κ2) is 2.93. The third kappa shape index (κ3) is 2.65. The molecule has 1 fully saturated rings. The maximum Gasteiger partial charge on any atom is 0.217 e. The zero-order valence-electron chi connectivity index (χ0n) is 8.29. The lowest BCUT2D eigenvalue weighted by Gasteiger charge is -2.19. The SMILES string of the molecule is CC(C)(O)CNS(=O)(=O)C1(C)CC1. The quantitative estimate of drug-likeness (QED) is 0.693. The third-order valence-electron chi connectivity index (χ3n) is 2.30. The molecule has 0 aromatic heterocycles. The fourth-order valence-electron chi connectivity index (χ4n) is 0.891. The lowest BCUT2D eigenvalue weighted by atomic mass is 10.1. The molecule has 0 heterocycles. The molecular weight excluding hydrogens is 190 g/mol. The number of rotatable bonds is 4. The van der Waals surface area contributed by atoms with Crippen LogP contribution >= 0.6 is 0 Å². The summed E-state index contributed by atoms with van der Waals surface area (Å²) in [5, 5.41) is 9.34. The highest BCUT2D eigenvalue weighted by Gasteiger charge is 2.50. The van der Waals surface area contributed by atoms with Crippen molar-refractivity contribution in [2.24, 2.45) is 0 Å². The maximum absolute atomic E-state index is 11.5. The molecule has 0 aromatic carbocycles. The van der Waals surface area contributed by atoms with Gasteiger partial charge in [0.2, 0.25) is 10.0 Å². The Morgan fingerprint density at radius 3 is 2.23 bits per heavy atom. The van der Waals surface area contributed by atoms with E-state index >= 15 is 0 Å². The standard InChI is InChI=1S/C8H17NO3S/c1-7(2,10)6-9-13(11,12)8(3)4-5-8/h9-10H,4-6H2,1-3H3. The van der Waals surface area contributed by atoms with Gasteiger partial charge in [0.15, 0.2) is 0 Å². The summed E-state index contributed by atoms with van der Waals surface area (Å²) in [5.74, 6) is 0. The summed E-state index contributed by atoms with van der Waals surface area (Å²) in [5.41, 5.74) is -0.988. The maximum atomic E-state index is 11.5. The van der Waals surface area contributed by atoms with Crippen molar-refractivity contribution in [1.82, 2.24) is 4.72 Å². The minimum Gasteiger partial charge on any atom is -0.389 e. The van der Waals surface area contributed by atoms with E-state index in [2.05, 4.69) is 4.72 Å². The highest BCUT2D eigenvalue weighted by atomic mass is 32.2. The highest BCUT2D eigenvalue weighted by Crippen LogP contribution is 2.42. The zero-order chi connectivity index (χ0) is 10.3. The van der Waals surface area contributed by atoms with E-state index in [4.69, 9.17) is 0 Å². The molecule has 0 unspecified atom stereocenters. The van der Waals surface area contributed by atoms with E-state index in [1.165, 1.54) is 0 Å². The summed E-state index contributed by atoms with van der Waals surface area (Å²) in [6.07, 6.45) is 1.43. The average molecular weight is 207 g/mol. The fraction of sp³-hybridized carbons (Fsp3) is 1.00. The molecule has 0 radical (unpaired) electrons. The van der Waals surface area contributed by atoms with Gasteiger partial charge in [-0.3, -0.25) is 0 Å². The molecule has 0 atom stereocenters. The van der Waals surface area contributed by atoms with Gasteiger partial charge in [-0.1, -0.05) is 0 Å². The Labute approximate surface area is 79.4 Å². The van der Waals surface area contributed by atoms with Gasteiger partial charge in [-0.25, -0.2) is 13.1 Å². The zero-order valence-corrected chi connectivity index (χ0v) is 9.11. The van der Waals surface area contributed by atoms with Crippen LogP contribution in [0.15, 0.2) is 0 Å². The Kier molecular flexibility index (Phi) is 2.47.